The number of fused-ring (bicyclic) bond motifs is 1. The summed E-state index contributed by atoms with van der Waals surface area (Å²) in [5.41, 5.74) is 15.1. The van der Waals surface area contributed by atoms with Crippen molar-refractivity contribution in [2.45, 2.75) is 6.54 Å². The summed E-state index contributed by atoms with van der Waals surface area (Å²) in [5, 5.41) is 18.3. The Hall–Kier alpha value is -4.33. The monoisotopic (exact) mass is 415 g/mol. The molecule has 0 saturated carbocycles. The second kappa shape index (κ2) is 7.83. The van der Waals surface area contributed by atoms with Gasteiger partial charge in [0, 0.05) is 28.2 Å². The number of hydrogen-bond acceptors (Lipinski definition) is 5. The Kier molecular flexibility index (Phi) is 5.04. The summed E-state index contributed by atoms with van der Waals surface area (Å²) in [7, 11) is 1.49. The predicted octanol–water partition coefficient (Wildman–Crippen LogP) is 3.32. The Bertz CT molecular complexity index is 1330. The molecule has 0 fully saturated rings. The van der Waals surface area contributed by atoms with E-state index in [0.717, 1.165) is 10.9 Å². The number of methoxy groups -OCH3 is 1. The summed E-state index contributed by atoms with van der Waals surface area (Å²) in [6.45, 7) is 0.383. The zero-order valence-electron chi connectivity index (χ0n) is 16.8. The molecule has 0 unspecified atom stereocenters. The molecule has 0 aliphatic carbocycles. The van der Waals surface area contributed by atoms with Crippen molar-refractivity contribution in [2.75, 3.05) is 12.8 Å². The van der Waals surface area contributed by atoms with E-state index < -0.39 is 5.97 Å². The summed E-state index contributed by atoms with van der Waals surface area (Å²) < 4.78 is 7.17. The molecule has 0 spiro atoms. The molecule has 4 aromatic rings. The van der Waals surface area contributed by atoms with Gasteiger partial charge in [-0.25, -0.2) is 9.78 Å². The van der Waals surface area contributed by atoms with Crippen LogP contribution in [0.5, 0.6) is 5.75 Å². The fourth-order valence-electron chi connectivity index (χ4n) is 3.61. The number of pyridine rings is 1. The number of carboxylic acids is 1. The van der Waals surface area contributed by atoms with Crippen LogP contribution in [0, 0.1) is 5.41 Å². The Morgan fingerprint density at radius 1 is 1.13 bits per heavy atom. The summed E-state index contributed by atoms with van der Waals surface area (Å²) in [6.07, 6.45) is 1.91. The van der Waals surface area contributed by atoms with Crippen LogP contribution in [-0.2, 0) is 6.54 Å². The number of hydrogen-bond donors (Lipinski definition) is 4. The number of carboxylic acid groups (broad SMARTS) is 1. The van der Waals surface area contributed by atoms with Gasteiger partial charge in [0.25, 0.3) is 0 Å². The minimum atomic E-state index is -1.06. The largest absolute Gasteiger partial charge is 0.497 e. The van der Waals surface area contributed by atoms with Crippen LogP contribution in [0.3, 0.4) is 0 Å². The molecule has 0 bridgehead atoms. The number of ether oxygens (including phenoxy) is 1. The van der Waals surface area contributed by atoms with E-state index in [0.29, 0.717) is 40.5 Å². The van der Waals surface area contributed by atoms with Gasteiger partial charge in [-0.2, -0.15) is 0 Å². The minimum absolute atomic E-state index is 0.00939. The number of carbonyl (C=O) groups is 1. The minimum Gasteiger partial charge on any atom is -0.497 e. The number of nitrogens with two attached hydrogens (primary N) is 2. The third kappa shape index (κ3) is 3.78. The van der Waals surface area contributed by atoms with Crippen LogP contribution < -0.4 is 16.2 Å². The highest BCUT2D eigenvalue weighted by Gasteiger charge is 2.18. The number of benzene rings is 2. The lowest BCUT2D eigenvalue weighted by Crippen LogP contribution is -2.10. The molecule has 2 heterocycles. The smallest absolute Gasteiger partial charge is 0.336 e. The van der Waals surface area contributed by atoms with E-state index in [4.69, 9.17) is 21.6 Å². The fraction of sp³-hybridized carbons (Fsp3) is 0.0870. The average Bonchev–Trinajstić information content (AvgIpc) is 3.15. The van der Waals surface area contributed by atoms with Crippen molar-refractivity contribution in [3.05, 3.63) is 77.6 Å². The molecule has 0 saturated heterocycles. The van der Waals surface area contributed by atoms with E-state index >= 15 is 0 Å². The van der Waals surface area contributed by atoms with Crippen molar-refractivity contribution in [3.8, 4) is 16.9 Å². The van der Waals surface area contributed by atoms with Crippen molar-refractivity contribution in [3.63, 3.8) is 0 Å². The molecule has 2 aromatic heterocycles. The second-order valence-electron chi connectivity index (χ2n) is 7.08. The zero-order valence-corrected chi connectivity index (χ0v) is 16.8. The van der Waals surface area contributed by atoms with Crippen LogP contribution in [0.4, 0.5) is 5.82 Å². The zero-order chi connectivity index (χ0) is 22.1. The number of rotatable bonds is 6. The molecular weight excluding hydrogens is 394 g/mol. The van der Waals surface area contributed by atoms with Crippen molar-refractivity contribution in [2.24, 2.45) is 5.73 Å². The topological polar surface area (TPSA) is 140 Å². The third-order valence-electron chi connectivity index (χ3n) is 5.15. The molecule has 0 amide bonds. The number of nitrogen functional groups attached to an aromatic ring is 2. The normalized spacial score (nSPS) is 10.9. The number of amidine groups is 1. The SMILES string of the molecule is COc1ccc(-c2ccc(N)nc2Cn2ccc3cc(C(=N)N)ccc32)c(C(=O)O)c1. The molecule has 8 nitrogen and oxygen atoms in total. The van der Waals surface area contributed by atoms with Gasteiger partial charge >= 0.3 is 5.97 Å². The van der Waals surface area contributed by atoms with Crippen LogP contribution in [-0.4, -0.2) is 33.6 Å². The third-order valence-corrected chi connectivity index (χ3v) is 5.15. The first-order valence-electron chi connectivity index (χ1n) is 9.48. The Labute approximate surface area is 178 Å². The van der Waals surface area contributed by atoms with E-state index in [-0.39, 0.29) is 11.4 Å². The van der Waals surface area contributed by atoms with Gasteiger partial charge in [0.2, 0.25) is 0 Å². The van der Waals surface area contributed by atoms with Crippen LogP contribution >= 0.6 is 0 Å². The molecule has 0 atom stereocenters. The lowest BCUT2D eigenvalue weighted by molar-refractivity contribution is 0.0697. The molecule has 8 heteroatoms. The summed E-state index contributed by atoms with van der Waals surface area (Å²) in [6, 6.07) is 15.8. The summed E-state index contributed by atoms with van der Waals surface area (Å²) in [4.78, 5) is 16.4. The standard InChI is InChI=1S/C23H21N5O3/c1-31-15-3-4-16(18(11-15)23(29)30)17-5-7-21(24)27-19(17)12-28-9-8-13-10-14(22(25)26)2-6-20(13)28/h2-11H,12H2,1H3,(H2,24,27)(H3,25,26)(H,29,30). The first-order chi connectivity index (χ1) is 14.9. The van der Waals surface area contributed by atoms with Crippen LogP contribution in [0.15, 0.2) is 60.8 Å². The van der Waals surface area contributed by atoms with Crippen molar-refractivity contribution in [1.29, 1.82) is 5.41 Å². The van der Waals surface area contributed by atoms with Gasteiger partial charge in [0.05, 0.1) is 24.9 Å². The van der Waals surface area contributed by atoms with E-state index in [1.807, 2.05) is 29.0 Å². The van der Waals surface area contributed by atoms with Crippen molar-refractivity contribution >= 4 is 28.5 Å². The first-order valence-corrected chi connectivity index (χ1v) is 9.48. The highest BCUT2D eigenvalue weighted by Crippen LogP contribution is 2.31. The molecule has 0 radical (unpaired) electrons. The van der Waals surface area contributed by atoms with E-state index in [1.54, 1.807) is 30.3 Å². The fourth-order valence-corrected chi connectivity index (χ4v) is 3.61. The maximum absolute atomic E-state index is 11.9. The molecule has 4 rings (SSSR count). The van der Waals surface area contributed by atoms with Gasteiger partial charge in [-0.05, 0) is 60.2 Å². The number of aromatic carboxylic acids is 1. The predicted molar refractivity (Wildman–Crippen MR) is 120 cm³/mol. The molecule has 2 aromatic carbocycles. The maximum atomic E-state index is 11.9. The Morgan fingerprint density at radius 3 is 2.61 bits per heavy atom. The molecular formula is C23H21N5O3. The molecule has 156 valence electrons. The molecule has 6 N–H and O–H groups in total. The average molecular weight is 415 g/mol. The lowest BCUT2D eigenvalue weighted by atomic mass is 9.97. The van der Waals surface area contributed by atoms with Gasteiger partial charge in [-0.3, -0.25) is 5.41 Å². The summed E-state index contributed by atoms with van der Waals surface area (Å²) >= 11 is 0. The maximum Gasteiger partial charge on any atom is 0.336 e. The summed E-state index contributed by atoms with van der Waals surface area (Å²) in [5.74, 6) is -0.238. The number of nitrogens with one attached hydrogen (secondary N) is 1. The number of anilines is 1. The second-order valence-corrected chi connectivity index (χ2v) is 7.08. The van der Waals surface area contributed by atoms with Crippen molar-refractivity contribution in [1.82, 2.24) is 9.55 Å². The molecule has 0 aliphatic heterocycles. The van der Waals surface area contributed by atoms with E-state index in [1.165, 1.54) is 13.2 Å². The van der Waals surface area contributed by atoms with Crippen LogP contribution in [0.1, 0.15) is 21.6 Å². The highest BCUT2D eigenvalue weighted by atomic mass is 16.5. The Morgan fingerprint density at radius 2 is 1.90 bits per heavy atom. The van der Waals surface area contributed by atoms with E-state index in [2.05, 4.69) is 4.98 Å². The highest BCUT2D eigenvalue weighted by molar-refractivity contribution is 5.99. The number of aromatic nitrogens is 2. The van der Waals surface area contributed by atoms with Gasteiger partial charge in [-0.15, -0.1) is 0 Å². The number of nitrogens with zero attached hydrogens (tertiary/aromatic N) is 2. The molecule has 0 aliphatic rings. The molecule has 31 heavy (non-hydrogen) atoms. The Balaban J connectivity index is 1.82. The van der Waals surface area contributed by atoms with Gasteiger partial charge < -0.3 is 25.9 Å². The quantitative estimate of drug-likeness (QED) is 0.281. The van der Waals surface area contributed by atoms with Gasteiger partial charge in [-0.1, -0.05) is 0 Å². The van der Waals surface area contributed by atoms with E-state index in [9.17, 15) is 9.90 Å². The van der Waals surface area contributed by atoms with Crippen LogP contribution in [0.25, 0.3) is 22.0 Å². The van der Waals surface area contributed by atoms with Gasteiger partial charge in [0.1, 0.15) is 17.4 Å². The van der Waals surface area contributed by atoms with Crippen LogP contribution in [0.2, 0.25) is 0 Å². The van der Waals surface area contributed by atoms with Crippen molar-refractivity contribution < 1.29 is 14.6 Å². The van der Waals surface area contributed by atoms with Gasteiger partial charge in [0.15, 0.2) is 0 Å². The first kappa shape index (κ1) is 20.0. The lowest BCUT2D eigenvalue weighted by Gasteiger charge is -2.14.